The van der Waals surface area contributed by atoms with Crippen molar-refractivity contribution in [3.8, 4) is 0 Å². The summed E-state index contributed by atoms with van der Waals surface area (Å²) in [5.74, 6) is -0.0399. The first-order valence-electron chi connectivity index (χ1n) is 4.72. The number of aryl methyl sites for hydroxylation is 1. The quantitative estimate of drug-likeness (QED) is 0.596. The van der Waals surface area contributed by atoms with E-state index in [1.54, 1.807) is 30.8 Å². The van der Waals surface area contributed by atoms with Crippen LogP contribution in [0, 0.1) is 6.92 Å². The lowest BCUT2D eigenvalue weighted by molar-refractivity contribution is 0.0696. The van der Waals surface area contributed by atoms with Crippen molar-refractivity contribution in [2.45, 2.75) is 18.2 Å². The van der Waals surface area contributed by atoms with Gasteiger partial charge in [0, 0.05) is 17.3 Å². The third kappa shape index (κ3) is 3.57. The van der Waals surface area contributed by atoms with Crippen molar-refractivity contribution in [2.24, 2.45) is 0 Å². The first-order chi connectivity index (χ1) is 7.15. The molecule has 0 aliphatic carbocycles. The Labute approximate surface area is 93.1 Å². The summed E-state index contributed by atoms with van der Waals surface area (Å²) in [7, 11) is 0. The molecule has 3 nitrogen and oxygen atoms in total. The van der Waals surface area contributed by atoms with Gasteiger partial charge < -0.3 is 10.2 Å². The first-order valence-corrected chi connectivity index (χ1v) is 5.71. The number of benzene rings is 1. The van der Waals surface area contributed by atoms with E-state index in [0.717, 1.165) is 22.6 Å². The van der Waals surface area contributed by atoms with Gasteiger partial charge in [0.15, 0.2) is 0 Å². The Bertz CT molecular complexity index is 350. The molecule has 0 bridgehead atoms. The van der Waals surface area contributed by atoms with Crippen LogP contribution in [0.5, 0.6) is 0 Å². The predicted molar refractivity (Wildman–Crippen MR) is 60.6 cm³/mol. The van der Waals surface area contributed by atoms with Crippen LogP contribution in [0.4, 0.5) is 0 Å². The standard InChI is InChI=1S/C11H14O3S/c1-8-7-9(15-6-2-5-12)3-4-10(8)11(13)14/h3-4,7,12H,2,5-6H2,1H3,(H,13,14). The van der Waals surface area contributed by atoms with Crippen molar-refractivity contribution in [1.29, 1.82) is 0 Å². The average Bonchev–Trinajstić information content (AvgIpc) is 2.17. The molecule has 0 radical (unpaired) electrons. The van der Waals surface area contributed by atoms with Gasteiger partial charge in [0.1, 0.15) is 0 Å². The highest BCUT2D eigenvalue weighted by Crippen LogP contribution is 2.21. The molecule has 0 unspecified atom stereocenters. The lowest BCUT2D eigenvalue weighted by atomic mass is 10.1. The topological polar surface area (TPSA) is 57.5 Å². The van der Waals surface area contributed by atoms with Crippen molar-refractivity contribution in [3.05, 3.63) is 29.3 Å². The number of rotatable bonds is 5. The number of thioether (sulfide) groups is 1. The highest BCUT2D eigenvalue weighted by atomic mass is 32.2. The van der Waals surface area contributed by atoms with Gasteiger partial charge in [-0.25, -0.2) is 4.79 Å². The second-order valence-electron chi connectivity index (χ2n) is 3.21. The van der Waals surface area contributed by atoms with E-state index in [9.17, 15) is 4.79 Å². The third-order valence-electron chi connectivity index (χ3n) is 2.00. The molecule has 0 aliphatic heterocycles. The lowest BCUT2D eigenvalue weighted by Crippen LogP contribution is -1.99. The zero-order chi connectivity index (χ0) is 11.3. The highest BCUT2D eigenvalue weighted by molar-refractivity contribution is 7.99. The molecule has 0 saturated carbocycles. The molecule has 4 heteroatoms. The Morgan fingerprint density at radius 3 is 2.73 bits per heavy atom. The minimum Gasteiger partial charge on any atom is -0.478 e. The summed E-state index contributed by atoms with van der Waals surface area (Å²) in [6.45, 7) is 1.98. The molecular weight excluding hydrogens is 212 g/mol. The normalized spacial score (nSPS) is 10.3. The smallest absolute Gasteiger partial charge is 0.335 e. The maximum absolute atomic E-state index is 10.8. The molecule has 82 valence electrons. The molecule has 15 heavy (non-hydrogen) atoms. The second kappa shape index (κ2) is 5.78. The maximum Gasteiger partial charge on any atom is 0.335 e. The van der Waals surface area contributed by atoms with Gasteiger partial charge in [0.25, 0.3) is 0 Å². The minimum absolute atomic E-state index is 0.194. The Morgan fingerprint density at radius 2 is 2.20 bits per heavy atom. The van der Waals surface area contributed by atoms with E-state index in [-0.39, 0.29) is 6.61 Å². The average molecular weight is 226 g/mol. The Kier molecular flexibility index (Phi) is 4.65. The fourth-order valence-corrected chi connectivity index (χ4v) is 2.15. The maximum atomic E-state index is 10.8. The van der Waals surface area contributed by atoms with E-state index < -0.39 is 5.97 Å². The zero-order valence-electron chi connectivity index (χ0n) is 8.56. The number of carboxylic acids is 1. The van der Waals surface area contributed by atoms with Gasteiger partial charge in [0.2, 0.25) is 0 Å². The third-order valence-corrected chi connectivity index (χ3v) is 3.08. The van der Waals surface area contributed by atoms with Crippen molar-refractivity contribution < 1.29 is 15.0 Å². The van der Waals surface area contributed by atoms with Gasteiger partial charge in [0.05, 0.1) is 5.56 Å². The number of aliphatic hydroxyl groups is 1. The molecule has 0 aromatic heterocycles. The molecule has 2 N–H and O–H groups in total. The molecule has 0 spiro atoms. The molecule has 0 heterocycles. The van der Waals surface area contributed by atoms with Gasteiger partial charge in [-0.2, -0.15) is 0 Å². The zero-order valence-corrected chi connectivity index (χ0v) is 9.38. The molecule has 0 saturated heterocycles. The number of aromatic carboxylic acids is 1. The summed E-state index contributed by atoms with van der Waals surface area (Å²) in [5, 5.41) is 17.5. The molecular formula is C11H14O3S. The number of aliphatic hydroxyl groups excluding tert-OH is 1. The molecule has 0 fully saturated rings. The number of carbonyl (C=O) groups is 1. The summed E-state index contributed by atoms with van der Waals surface area (Å²) < 4.78 is 0. The van der Waals surface area contributed by atoms with Gasteiger partial charge in [-0.05, 0) is 37.1 Å². The van der Waals surface area contributed by atoms with Gasteiger partial charge >= 0.3 is 5.97 Å². The van der Waals surface area contributed by atoms with Gasteiger partial charge in [-0.15, -0.1) is 11.8 Å². The van der Waals surface area contributed by atoms with Crippen LogP contribution < -0.4 is 0 Å². The first kappa shape index (κ1) is 12.1. The van der Waals surface area contributed by atoms with Gasteiger partial charge in [-0.1, -0.05) is 0 Å². The molecule has 0 amide bonds. The van der Waals surface area contributed by atoms with E-state index in [2.05, 4.69) is 0 Å². The van der Waals surface area contributed by atoms with Crippen molar-refractivity contribution in [2.75, 3.05) is 12.4 Å². The largest absolute Gasteiger partial charge is 0.478 e. The number of carboxylic acid groups (broad SMARTS) is 1. The molecule has 1 aromatic rings. The van der Waals surface area contributed by atoms with E-state index in [1.165, 1.54) is 0 Å². The summed E-state index contributed by atoms with van der Waals surface area (Å²) in [4.78, 5) is 11.8. The van der Waals surface area contributed by atoms with Crippen LogP contribution >= 0.6 is 11.8 Å². The summed E-state index contributed by atoms with van der Waals surface area (Å²) in [6.07, 6.45) is 0.754. The van der Waals surface area contributed by atoms with Crippen molar-refractivity contribution in [3.63, 3.8) is 0 Å². The Morgan fingerprint density at radius 1 is 1.47 bits per heavy atom. The molecule has 0 atom stereocenters. The molecule has 0 aliphatic rings. The van der Waals surface area contributed by atoms with Crippen LogP contribution in [0.15, 0.2) is 23.1 Å². The number of hydrogen-bond donors (Lipinski definition) is 2. The van der Waals surface area contributed by atoms with E-state index in [0.29, 0.717) is 5.56 Å². The predicted octanol–water partition coefficient (Wildman–Crippen LogP) is 2.17. The monoisotopic (exact) mass is 226 g/mol. The fraction of sp³-hybridized carbons (Fsp3) is 0.364. The summed E-state index contributed by atoms with van der Waals surface area (Å²) >= 11 is 1.63. The number of hydrogen-bond acceptors (Lipinski definition) is 3. The Hall–Kier alpha value is -1.00. The van der Waals surface area contributed by atoms with Crippen LogP contribution in [-0.4, -0.2) is 28.5 Å². The van der Waals surface area contributed by atoms with Gasteiger partial charge in [-0.3, -0.25) is 0 Å². The molecule has 1 rings (SSSR count). The van der Waals surface area contributed by atoms with Crippen molar-refractivity contribution in [1.82, 2.24) is 0 Å². The Balaban J connectivity index is 2.69. The highest BCUT2D eigenvalue weighted by Gasteiger charge is 2.06. The molecule has 1 aromatic carbocycles. The van der Waals surface area contributed by atoms with E-state index in [4.69, 9.17) is 10.2 Å². The van der Waals surface area contributed by atoms with Crippen LogP contribution in [0.2, 0.25) is 0 Å². The minimum atomic E-state index is -0.889. The second-order valence-corrected chi connectivity index (χ2v) is 4.38. The van der Waals surface area contributed by atoms with Crippen molar-refractivity contribution >= 4 is 17.7 Å². The fourth-order valence-electron chi connectivity index (χ4n) is 1.22. The van der Waals surface area contributed by atoms with Crippen LogP contribution in [0.3, 0.4) is 0 Å². The van der Waals surface area contributed by atoms with Crippen LogP contribution in [0.25, 0.3) is 0 Å². The summed E-state index contributed by atoms with van der Waals surface area (Å²) in [6, 6.07) is 5.29. The SMILES string of the molecule is Cc1cc(SCCCO)ccc1C(=O)O. The van der Waals surface area contributed by atoms with Crippen LogP contribution in [-0.2, 0) is 0 Å². The van der Waals surface area contributed by atoms with E-state index in [1.807, 2.05) is 6.07 Å². The van der Waals surface area contributed by atoms with E-state index >= 15 is 0 Å². The lowest BCUT2D eigenvalue weighted by Gasteiger charge is -2.04. The van der Waals surface area contributed by atoms with Crippen LogP contribution in [0.1, 0.15) is 22.3 Å². The summed E-state index contributed by atoms with van der Waals surface area (Å²) in [5.41, 5.74) is 1.12.